The lowest BCUT2D eigenvalue weighted by Gasteiger charge is -2.36. The lowest BCUT2D eigenvalue weighted by molar-refractivity contribution is -0.184. The third kappa shape index (κ3) is 1.98. The first-order valence-corrected chi connectivity index (χ1v) is 5.28. The van der Waals surface area contributed by atoms with Crippen LogP contribution in [0.4, 0.5) is 13.2 Å². The summed E-state index contributed by atoms with van der Waals surface area (Å²) >= 11 is 0. The Morgan fingerprint density at radius 1 is 1.29 bits per heavy atom. The van der Waals surface area contributed by atoms with E-state index in [1.54, 1.807) is 0 Å². The minimum atomic E-state index is -4.83. The Hall–Kier alpha value is -1.27. The standard InChI is InChI=1S/C10H12F3NO3/c1-17-8(15)6-2-5-3-14(4-7(5)6)9(16)10(11,12)13/h5-7H,2-4H2,1H3/t5-,6+,7+/m1/s1. The zero-order chi connectivity index (χ0) is 12.8. The molecule has 0 aromatic rings. The molecular formula is C10H12F3NO3. The second kappa shape index (κ2) is 3.89. The van der Waals surface area contributed by atoms with Gasteiger partial charge >= 0.3 is 18.1 Å². The highest BCUT2D eigenvalue weighted by atomic mass is 19.4. The minimum absolute atomic E-state index is 0.00275. The summed E-state index contributed by atoms with van der Waals surface area (Å²) in [5.41, 5.74) is 0. The molecule has 0 aromatic carbocycles. The number of likely N-dealkylation sites (tertiary alicyclic amines) is 1. The van der Waals surface area contributed by atoms with Gasteiger partial charge in [0, 0.05) is 13.1 Å². The molecule has 0 unspecified atom stereocenters. The average molecular weight is 251 g/mol. The zero-order valence-corrected chi connectivity index (χ0v) is 9.16. The highest BCUT2D eigenvalue weighted by molar-refractivity contribution is 5.82. The smallest absolute Gasteiger partial charge is 0.469 e. The van der Waals surface area contributed by atoms with E-state index in [0.29, 0.717) is 6.42 Å². The normalized spacial score (nSPS) is 31.8. The van der Waals surface area contributed by atoms with E-state index in [0.717, 1.165) is 4.90 Å². The minimum Gasteiger partial charge on any atom is -0.469 e. The van der Waals surface area contributed by atoms with Crippen LogP contribution < -0.4 is 0 Å². The Morgan fingerprint density at radius 2 is 1.94 bits per heavy atom. The molecular weight excluding hydrogens is 239 g/mol. The van der Waals surface area contributed by atoms with Crippen LogP contribution in [-0.4, -0.2) is 43.2 Å². The molecule has 17 heavy (non-hydrogen) atoms. The number of carbonyl (C=O) groups is 2. The lowest BCUT2D eigenvalue weighted by atomic mass is 9.67. The van der Waals surface area contributed by atoms with Gasteiger partial charge in [-0.2, -0.15) is 13.2 Å². The van der Waals surface area contributed by atoms with Gasteiger partial charge in [0.1, 0.15) is 0 Å². The van der Waals surface area contributed by atoms with Gasteiger partial charge in [0.15, 0.2) is 0 Å². The van der Waals surface area contributed by atoms with Gasteiger partial charge in [-0.15, -0.1) is 0 Å². The predicted octanol–water partition coefficient (Wildman–Crippen LogP) is 0.816. The van der Waals surface area contributed by atoms with E-state index in [4.69, 9.17) is 0 Å². The van der Waals surface area contributed by atoms with E-state index < -0.39 is 18.1 Å². The molecule has 2 aliphatic rings. The van der Waals surface area contributed by atoms with Gasteiger partial charge in [0.05, 0.1) is 13.0 Å². The summed E-state index contributed by atoms with van der Waals surface area (Å²) < 4.78 is 41.2. The van der Waals surface area contributed by atoms with Crippen LogP contribution in [0.25, 0.3) is 0 Å². The fraction of sp³-hybridized carbons (Fsp3) is 0.800. The van der Waals surface area contributed by atoms with Crippen LogP contribution in [0, 0.1) is 17.8 Å². The van der Waals surface area contributed by atoms with E-state index in [-0.39, 0.29) is 30.8 Å². The summed E-state index contributed by atoms with van der Waals surface area (Å²) in [5.74, 6) is -2.72. The third-order valence-corrected chi connectivity index (χ3v) is 3.60. The number of fused-ring (bicyclic) bond motifs is 1. The van der Waals surface area contributed by atoms with Crippen molar-refractivity contribution >= 4 is 11.9 Å². The molecule has 1 aliphatic carbocycles. The van der Waals surface area contributed by atoms with Crippen molar-refractivity contribution in [2.75, 3.05) is 20.2 Å². The second-order valence-electron chi connectivity index (χ2n) is 4.50. The first-order chi connectivity index (χ1) is 7.84. The number of methoxy groups -OCH3 is 1. The Bertz CT molecular complexity index is 355. The first kappa shape index (κ1) is 12.2. The number of carbonyl (C=O) groups excluding carboxylic acids is 2. The number of ether oxygens (including phenoxy) is 1. The largest absolute Gasteiger partial charge is 0.471 e. The SMILES string of the molecule is COC(=O)[C@H]1C[C@@H]2CN(C(=O)C(F)(F)F)C[C@@H]21. The van der Waals surface area contributed by atoms with Crippen molar-refractivity contribution in [3.8, 4) is 0 Å². The quantitative estimate of drug-likeness (QED) is 0.648. The molecule has 0 bridgehead atoms. The van der Waals surface area contributed by atoms with Crippen molar-refractivity contribution in [2.24, 2.45) is 17.8 Å². The Balaban J connectivity index is 1.98. The molecule has 1 aliphatic heterocycles. The monoisotopic (exact) mass is 251 g/mol. The Labute approximate surface area is 95.7 Å². The molecule has 96 valence electrons. The number of hydrogen-bond acceptors (Lipinski definition) is 3. The number of hydrogen-bond donors (Lipinski definition) is 0. The van der Waals surface area contributed by atoms with Gasteiger partial charge < -0.3 is 9.64 Å². The van der Waals surface area contributed by atoms with Crippen LogP contribution in [-0.2, 0) is 14.3 Å². The van der Waals surface area contributed by atoms with E-state index in [2.05, 4.69) is 4.74 Å². The molecule has 0 spiro atoms. The van der Waals surface area contributed by atoms with E-state index in [1.807, 2.05) is 0 Å². The molecule has 3 atom stereocenters. The number of rotatable bonds is 1. The topological polar surface area (TPSA) is 46.6 Å². The van der Waals surface area contributed by atoms with Gasteiger partial charge in [0.25, 0.3) is 0 Å². The van der Waals surface area contributed by atoms with Crippen LogP contribution >= 0.6 is 0 Å². The molecule has 0 N–H and O–H groups in total. The molecule has 2 fully saturated rings. The molecule has 4 nitrogen and oxygen atoms in total. The summed E-state index contributed by atoms with van der Waals surface area (Å²) in [6.07, 6.45) is -4.32. The highest BCUT2D eigenvalue weighted by Crippen LogP contribution is 2.46. The van der Waals surface area contributed by atoms with Crippen molar-refractivity contribution in [3.05, 3.63) is 0 Å². The number of halogens is 3. The van der Waals surface area contributed by atoms with Gasteiger partial charge in [-0.3, -0.25) is 9.59 Å². The second-order valence-corrected chi connectivity index (χ2v) is 4.50. The Morgan fingerprint density at radius 3 is 2.47 bits per heavy atom. The van der Waals surface area contributed by atoms with Crippen LogP contribution in [0.3, 0.4) is 0 Å². The van der Waals surface area contributed by atoms with Crippen LogP contribution in [0.5, 0.6) is 0 Å². The summed E-state index contributed by atoms with van der Waals surface area (Å²) in [7, 11) is 1.25. The summed E-state index contributed by atoms with van der Waals surface area (Å²) in [5, 5.41) is 0. The molecule has 0 aromatic heterocycles. The fourth-order valence-corrected chi connectivity index (χ4v) is 2.67. The van der Waals surface area contributed by atoms with Gasteiger partial charge in [-0.25, -0.2) is 0 Å². The maximum atomic E-state index is 12.2. The summed E-state index contributed by atoms with van der Waals surface area (Å²) in [6, 6.07) is 0. The maximum Gasteiger partial charge on any atom is 0.471 e. The fourth-order valence-electron chi connectivity index (χ4n) is 2.67. The third-order valence-electron chi connectivity index (χ3n) is 3.60. The van der Waals surface area contributed by atoms with Crippen molar-refractivity contribution in [1.82, 2.24) is 4.90 Å². The van der Waals surface area contributed by atoms with Gasteiger partial charge in [0.2, 0.25) is 0 Å². The van der Waals surface area contributed by atoms with E-state index in [9.17, 15) is 22.8 Å². The average Bonchev–Trinajstić information content (AvgIpc) is 2.54. The van der Waals surface area contributed by atoms with Crippen molar-refractivity contribution in [1.29, 1.82) is 0 Å². The zero-order valence-electron chi connectivity index (χ0n) is 9.16. The number of alkyl halides is 3. The van der Waals surface area contributed by atoms with Crippen molar-refractivity contribution in [3.63, 3.8) is 0 Å². The summed E-state index contributed by atoms with van der Waals surface area (Å²) in [4.78, 5) is 23.1. The van der Waals surface area contributed by atoms with E-state index >= 15 is 0 Å². The first-order valence-electron chi connectivity index (χ1n) is 5.28. The summed E-state index contributed by atoms with van der Waals surface area (Å²) in [6.45, 7) is 0.0965. The van der Waals surface area contributed by atoms with Gasteiger partial charge in [-0.05, 0) is 18.3 Å². The number of amides is 1. The van der Waals surface area contributed by atoms with Crippen LogP contribution in [0.2, 0.25) is 0 Å². The van der Waals surface area contributed by atoms with Crippen LogP contribution in [0.1, 0.15) is 6.42 Å². The van der Waals surface area contributed by atoms with Gasteiger partial charge in [-0.1, -0.05) is 0 Å². The molecule has 2 rings (SSSR count). The molecule has 1 heterocycles. The Kier molecular flexibility index (Phi) is 2.79. The number of esters is 1. The molecule has 7 heteroatoms. The molecule has 1 saturated heterocycles. The number of nitrogens with zero attached hydrogens (tertiary/aromatic N) is 1. The van der Waals surface area contributed by atoms with Crippen LogP contribution in [0.15, 0.2) is 0 Å². The maximum absolute atomic E-state index is 12.2. The van der Waals surface area contributed by atoms with E-state index in [1.165, 1.54) is 7.11 Å². The van der Waals surface area contributed by atoms with Crippen molar-refractivity contribution < 1.29 is 27.5 Å². The van der Waals surface area contributed by atoms with Crippen molar-refractivity contribution in [2.45, 2.75) is 12.6 Å². The highest BCUT2D eigenvalue weighted by Gasteiger charge is 2.55. The predicted molar refractivity (Wildman–Crippen MR) is 49.7 cm³/mol. The molecule has 0 radical (unpaired) electrons. The molecule has 1 saturated carbocycles. The lowest BCUT2D eigenvalue weighted by Crippen LogP contribution is -2.41. The molecule has 1 amide bonds.